The maximum atomic E-state index is 12.1. The highest BCUT2D eigenvalue weighted by molar-refractivity contribution is 7.99. The van der Waals surface area contributed by atoms with E-state index in [4.69, 9.17) is 0 Å². The summed E-state index contributed by atoms with van der Waals surface area (Å²) in [6, 6.07) is 6.17. The second-order valence-corrected chi connectivity index (χ2v) is 6.13. The summed E-state index contributed by atoms with van der Waals surface area (Å²) in [5.41, 5.74) is 0.963. The van der Waals surface area contributed by atoms with E-state index in [-0.39, 0.29) is 11.8 Å². The van der Waals surface area contributed by atoms with E-state index in [1.54, 1.807) is 12.1 Å². The molecule has 2 rings (SSSR count). The van der Waals surface area contributed by atoms with E-state index in [1.807, 2.05) is 18.7 Å². The van der Waals surface area contributed by atoms with Crippen molar-refractivity contribution < 1.29 is 17.9 Å². The van der Waals surface area contributed by atoms with Crippen LogP contribution in [-0.4, -0.2) is 24.4 Å². The molecular weight excluding hydrogens is 287 g/mol. The molecule has 1 aromatic rings. The molecule has 20 heavy (non-hydrogen) atoms. The third-order valence-electron chi connectivity index (χ3n) is 3.35. The van der Waals surface area contributed by atoms with Gasteiger partial charge in [-0.3, -0.25) is 0 Å². The zero-order valence-corrected chi connectivity index (χ0v) is 12.1. The first kappa shape index (κ1) is 15.5. The maximum absolute atomic E-state index is 12.1. The van der Waals surface area contributed by atoms with Gasteiger partial charge in [0.2, 0.25) is 0 Å². The van der Waals surface area contributed by atoms with Gasteiger partial charge in [0.15, 0.2) is 0 Å². The van der Waals surface area contributed by atoms with Crippen molar-refractivity contribution in [3.63, 3.8) is 0 Å². The Bertz CT molecular complexity index is 415. The van der Waals surface area contributed by atoms with Gasteiger partial charge in [0.05, 0.1) is 0 Å². The van der Waals surface area contributed by atoms with Gasteiger partial charge in [0.25, 0.3) is 0 Å². The molecular formula is C14H18F3NOS. The van der Waals surface area contributed by atoms with E-state index in [2.05, 4.69) is 10.1 Å². The van der Waals surface area contributed by atoms with Gasteiger partial charge in [-0.1, -0.05) is 12.1 Å². The first-order valence-corrected chi connectivity index (χ1v) is 7.76. The first-order valence-electron chi connectivity index (χ1n) is 6.61. The van der Waals surface area contributed by atoms with Crippen molar-refractivity contribution in [1.29, 1.82) is 0 Å². The van der Waals surface area contributed by atoms with Crippen molar-refractivity contribution in [2.75, 3.05) is 18.1 Å². The van der Waals surface area contributed by atoms with Gasteiger partial charge in [-0.05, 0) is 55.0 Å². The second kappa shape index (κ2) is 6.72. The van der Waals surface area contributed by atoms with Gasteiger partial charge in [-0.25, -0.2) is 0 Å². The van der Waals surface area contributed by atoms with Crippen LogP contribution in [0.5, 0.6) is 5.75 Å². The fraction of sp³-hybridized carbons (Fsp3) is 0.571. The average Bonchev–Trinajstić information content (AvgIpc) is 2.88. The molecule has 2 unspecified atom stereocenters. The minimum absolute atomic E-state index is 0.125. The molecule has 2 nitrogen and oxygen atoms in total. The van der Waals surface area contributed by atoms with E-state index in [0.29, 0.717) is 5.92 Å². The lowest BCUT2D eigenvalue weighted by Gasteiger charge is -2.17. The zero-order valence-electron chi connectivity index (χ0n) is 11.2. The number of thioether (sulfide) groups is 1. The third-order valence-corrected chi connectivity index (χ3v) is 4.58. The highest BCUT2D eigenvalue weighted by Crippen LogP contribution is 2.25. The summed E-state index contributed by atoms with van der Waals surface area (Å²) in [5.74, 6) is 2.94. The minimum Gasteiger partial charge on any atom is -0.406 e. The number of alkyl halides is 3. The first-order chi connectivity index (χ1) is 9.44. The summed E-state index contributed by atoms with van der Waals surface area (Å²) >= 11 is 1.97. The monoisotopic (exact) mass is 305 g/mol. The Balaban J connectivity index is 1.85. The van der Waals surface area contributed by atoms with Crippen LogP contribution in [-0.2, 0) is 0 Å². The van der Waals surface area contributed by atoms with Crippen molar-refractivity contribution in [1.82, 2.24) is 5.32 Å². The van der Waals surface area contributed by atoms with Crippen LogP contribution >= 0.6 is 11.8 Å². The summed E-state index contributed by atoms with van der Waals surface area (Å²) in [4.78, 5) is 0. The molecule has 1 aromatic carbocycles. The lowest BCUT2D eigenvalue weighted by molar-refractivity contribution is -0.274. The lowest BCUT2D eigenvalue weighted by atomic mass is 10.1. The largest absolute Gasteiger partial charge is 0.573 e. The molecule has 112 valence electrons. The van der Waals surface area contributed by atoms with Gasteiger partial charge < -0.3 is 10.1 Å². The molecule has 1 aliphatic rings. The normalized spacial score (nSPS) is 20.9. The number of halogens is 3. The predicted molar refractivity (Wildman–Crippen MR) is 75.0 cm³/mol. The van der Waals surface area contributed by atoms with Crippen LogP contribution in [0.15, 0.2) is 24.3 Å². The molecule has 2 atom stereocenters. The number of hydrogen-bond acceptors (Lipinski definition) is 3. The number of hydrogen-bond donors (Lipinski definition) is 1. The molecule has 0 amide bonds. The molecule has 6 heteroatoms. The zero-order chi connectivity index (χ0) is 14.6. The maximum Gasteiger partial charge on any atom is 0.573 e. The second-order valence-electron chi connectivity index (χ2n) is 4.98. The Morgan fingerprint density at radius 3 is 2.60 bits per heavy atom. The van der Waals surface area contributed by atoms with Crippen molar-refractivity contribution in [2.24, 2.45) is 5.92 Å². The molecule has 1 N–H and O–H groups in total. The summed E-state index contributed by atoms with van der Waals surface area (Å²) < 4.78 is 40.0. The standard InChI is InChI=1S/C14H18F3NOS/c1-10(18-8-11-6-7-20-9-11)12-2-4-13(5-3-12)19-14(15,16)17/h2-5,10-11,18H,6-9H2,1H3. The van der Waals surface area contributed by atoms with Gasteiger partial charge in [0.1, 0.15) is 5.75 Å². The van der Waals surface area contributed by atoms with Crippen LogP contribution in [0, 0.1) is 5.92 Å². The average molecular weight is 305 g/mol. The predicted octanol–water partition coefficient (Wildman–Crippen LogP) is 3.99. The highest BCUT2D eigenvalue weighted by Gasteiger charge is 2.31. The fourth-order valence-electron chi connectivity index (χ4n) is 2.16. The molecule has 1 fully saturated rings. The summed E-state index contributed by atoms with van der Waals surface area (Å²) in [6.45, 7) is 2.97. The Labute approximate surface area is 121 Å². The number of benzene rings is 1. The Kier molecular flexibility index (Phi) is 5.21. The number of ether oxygens (including phenoxy) is 1. The molecule has 0 bridgehead atoms. The Morgan fingerprint density at radius 1 is 1.35 bits per heavy atom. The van der Waals surface area contributed by atoms with Gasteiger partial charge in [-0.2, -0.15) is 11.8 Å². The topological polar surface area (TPSA) is 21.3 Å². The molecule has 0 aliphatic carbocycles. The third kappa shape index (κ3) is 4.90. The summed E-state index contributed by atoms with van der Waals surface area (Å²) in [6.07, 6.45) is -3.39. The number of rotatable bonds is 5. The molecule has 0 aromatic heterocycles. The summed E-state index contributed by atoms with van der Waals surface area (Å²) in [5, 5.41) is 3.43. The lowest BCUT2D eigenvalue weighted by Crippen LogP contribution is -2.25. The molecule has 0 spiro atoms. The van der Waals surface area contributed by atoms with Crippen LogP contribution in [0.3, 0.4) is 0 Å². The van der Waals surface area contributed by atoms with Crippen LogP contribution in [0.2, 0.25) is 0 Å². The highest BCUT2D eigenvalue weighted by atomic mass is 32.2. The fourth-order valence-corrected chi connectivity index (χ4v) is 3.45. The van der Waals surface area contributed by atoms with Crippen molar-refractivity contribution in [2.45, 2.75) is 25.7 Å². The molecule has 1 saturated heterocycles. The Hall–Kier alpha value is -0.880. The van der Waals surface area contributed by atoms with Gasteiger partial charge in [0, 0.05) is 6.04 Å². The van der Waals surface area contributed by atoms with E-state index in [9.17, 15) is 13.2 Å². The molecule has 1 aliphatic heterocycles. The van der Waals surface area contributed by atoms with Crippen molar-refractivity contribution in [3.8, 4) is 5.75 Å². The minimum atomic E-state index is -4.63. The SMILES string of the molecule is CC(NCC1CCSC1)c1ccc(OC(F)(F)F)cc1. The van der Waals surface area contributed by atoms with Gasteiger partial charge >= 0.3 is 6.36 Å². The quantitative estimate of drug-likeness (QED) is 0.889. The molecule has 1 heterocycles. The number of nitrogens with one attached hydrogen (secondary N) is 1. The van der Waals surface area contributed by atoms with Crippen LogP contribution in [0.1, 0.15) is 24.9 Å². The van der Waals surface area contributed by atoms with E-state index in [1.165, 1.54) is 30.1 Å². The molecule has 0 saturated carbocycles. The van der Waals surface area contributed by atoms with Gasteiger partial charge in [-0.15, -0.1) is 13.2 Å². The van der Waals surface area contributed by atoms with Crippen molar-refractivity contribution >= 4 is 11.8 Å². The van der Waals surface area contributed by atoms with Crippen molar-refractivity contribution in [3.05, 3.63) is 29.8 Å². The van der Waals surface area contributed by atoms with E-state index in [0.717, 1.165) is 12.1 Å². The summed E-state index contributed by atoms with van der Waals surface area (Å²) in [7, 11) is 0. The van der Waals surface area contributed by atoms with Crippen LogP contribution < -0.4 is 10.1 Å². The van der Waals surface area contributed by atoms with Crippen LogP contribution in [0.25, 0.3) is 0 Å². The van der Waals surface area contributed by atoms with Crippen LogP contribution in [0.4, 0.5) is 13.2 Å². The van der Waals surface area contributed by atoms with E-state index < -0.39 is 6.36 Å². The van der Waals surface area contributed by atoms with E-state index >= 15 is 0 Å². The smallest absolute Gasteiger partial charge is 0.406 e. The Morgan fingerprint density at radius 2 is 2.05 bits per heavy atom. The molecule has 0 radical (unpaired) electrons.